The van der Waals surface area contributed by atoms with Crippen LogP contribution in [0.3, 0.4) is 0 Å². The molecule has 3 rings (SSSR count). The molecule has 2 N–H and O–H groups in total. The molecule has 0 aromatic heterocycles. The molecule has 0 fully saturated rings. The van der Waals surface area contributed by atoms with Gasteiger partial charge in [0.1, 0.15) is 0 Å². The lowest BCUT2D eigenvalue weighted by Crippen LogP contribution is -2.27. The fraction of sp³-hybridized carbons (Fsp3) is 0.333. The number of methoxy groups -OCH3 is 2. The fourth-order valence-corrected chi connectivity index (χ4v) is 3.96. The van der Waals surface area contributed by atoms with E-state index >= 15 is 0 Å². The van der Waals surface area contributed by atoms with E-state index in [0.29, 0.717) is 66.8 Å². The van der Waals surface area contributed by atoms with E-state index in [1.54, 1.807) is 38.5 Å². The molecule has 0 spiro atoms. The minimum absolute atomic E-state index is 0.178. The maximum atomic E-state index is 12.9. The lowest BCUT2D eigenvalue weighted by molar-refractivity contribution is -0.116. The molecule has 8 nitrogen and oxygen atoms in total. The first-order valence-corrected chi connectivity index (χ1v) is 12.8. The third-order valence-corrected chi connectivity index (χ3v) is 5.84. The van der Waals surface area contributed by atoms with E-state index in [2.05, 4.69) is 10.6 Å². The Morgan fingerprint density at radius 3 is 2.08 bits per heavy atom. The lowest BCUT2D eigenvalue weighted by atomic mass is 10.1. The van der Waals surface area contributed by atoms with Gasteiger partial charge < -0.3 is 29.6 Å². The van der Waals surface area contributed by atoms with Crippen LogP contribution >= 0.6 is 0 Å². The molecule has 3 aromatic rings. The number of benzene rings is 3. The van der Waals surface area contributed by atoms with Gasteiger partial charge in [0.25, 0.3) is 5.91 Å². The van der Waals surface area contributed by atoms with Crippen molar-refractivity contribution >= 4 is 17.5 Å². The average Bonchev–Trinajstić information content (AvgIpc) is 2.93. The third-order valence-electron chi connectivity index (χ3n) is 5.84. The highest BCUT2D eigenvalue weighted by Crippen LogP contribution is 2.29. The molecule has 2 amide bonds. The number of anilines is 1. The van der Waals surface area contributed by atoms with Crippen LogP contribution in [0.15, 0.2) is 60.7 Å². The summed E-state index contributed by atoms with van der Waals surface area (Å²) in [5, 5.41) is 5.81. The molecule has 38 heavy (non-hydrogen) atoms. The van der Waals surface area contributed by atoms with Crippen LogP contribution in [0.25, 0.3) is 0 Å². The monoisotopic (exact) mass is 520 g/mol. The van der Waals surface area contributed by atoms with E-state index in [4.69, 9.17) is 18.9 Å². The first-order chi connectivity index (χ1) is 18.5. The molecule has 0 aliphatic heterocycles. The summed E-state index contributed by atoms with van der Waals surface area (Å²) in [6.07, 6.45) is 1.40. The predicted octanol–water partition coefficient (Wildman–Crippen LogP) is 5.05. The standard InChI is InChI=1S/C30H36N2O6/c1-5-37-26-15-12-21(20-28(26)38-6-2)13-16-29(33)32-24-10-8-7-9-23(24)30(34)31-18-17-22-11-14-25(35-3)27(19-22)36-4/h7-12,14-15,19-20H,5-6,13,16-18H2,1-4H3,(H,31,34)(H,32,33). The normalized spacial score (nSPS) is 10.4. The minimum atomic E-state index is -0.255. The van der Waals surface area contributed by atoms with Crippen molar-refractivity contribution in [3.8, 4) is 23.0 Å². The average molecular weight is 521 g/mol. The zero-order chi connectivity index (χ0) is 27.3. The Morgan fingerprint density at radius 1 is 0.737 bits per heavy atom. The summed E-state index contributed by atoms with van der Waals surface area (Å²) >= 11 is 0. The van der Waals surface area contributed by atoms with E-state index < -0.39 is 0 Å². The van der Waals surface area contributed by atoms with Crippen molar-refractivity contribution in [3.05, 3.63) is 77.4 Å². The van der Waals surface area contributed by atoms with Gasteiger partial charge in [0.2, 0.25) is 5.91 Å². The van der Waals surface area contributed by atoms with E-state index in [0.717, 1.165) is 11.1 Å². The number of ether oxygens (including phenoxy) is 4. The van der Waals surface area contributed by atoms with Crippen LogP contribution in [0.5, 0.6) is 23.0 Å². The molecule has 0 aliphatic carbocycles. The highest BCUT2D eigenvalue weighted by atomic mass is 16.5. The molecular formula is C30H36N2O6. The summed E-state index contributed by atoms with van der Waals surface area (Å²) in [6, 6.07) is 18.3. The van der Waals surface area contributed by atoms with Gasteiger partial charge in [-0.2, -0.15) is 0 Å². The van der Waals surface area contributed by atoms with E-state index in [9.17, 15) is 9.59 Å². The molecule has 0 unspecified atom stereocenters. The Balaban J connectivity index is 1.56. The molecule has 0 saturated carbocycles. The second-order valence-corrected chi connectivity index (χ2v) is 8.44. The summed E-state index contributed by atoms with van der Waals surface area (Å²) in [4.78, 5) is 25.6. The predicted molar refractivity (Wildman–Crippen MR) is 148 cm³/mol. The molecular weight excluding hydrogens is 484 g/mol. The van der Waals surface area contributed by atoms with Crippen LogP contribution in [0.1, 0.15) is 41.8 Å². The number of hydrogen-bond donors (Lipinski definition) is 2. The SMILES string of the molecule is CCOc1ccc(CCC(=O)Nc2ccccc2C(=O)NCCc2ccc(OC)c(OC)c2)cc1OCC. The smallest absolute Gasteiger partial charge is 0.253 e. The summed E-state index contributed by atoms with van der Waals surface area (Å²) < 4.78 is 21.9. The summed E-state index contributed by atoms with van der Waals surface area (Å²) in [5.74, 6) is 2.22. The van der Waals surface area contributed by atoms with Crippen molar-refractivity contribution in [1.29, 1.82) is 0 Å². The van der Waals surface area contributed by atoms with Crippen LogP contribution in [0.2, 0.25) is 0 Å². The Bertz CT molecular complexity index is 1230. The number of aryl methyl sites for hydroxylation is 1. The van der Waals surface area contributed by atoms with Crippen molar-refractivity contribution in [3.63, 3.8) is 0 Å². The van der Waals surface area contributed by atoms with Crippen molar-refractivity contribution in [2.24, 2.45) is 0 Å². The van der Waals surface area contributed by atoms with Gasteiger partial charge in [-0.05, 0) is 74.2 Å². The number of hydrogen-bond acceptors (Lipinski definition) is 6. The van der Waals surface area contributed by atoms with Crippen molar-refractivity contribution in [2.45, 2.75) is 33.1 Å². The Morgan fingerprint density at radius 2 is 1.37 bits per heavy atom. The second-order valence-electron chi connectivity index (χ2n) is 8.44. The Labute approximate surface area is 224 Å². The van der Waals surface area contributed by atoms with E-state index in [-0.39, 0.29) is 18.2 Å². The first kappa shape index (κ1) is 28.4. The molecule has 202 valence electrons. The van der Waals surface area contributed by atoms with E-state index in [1.165, 1.54) is 0 Å². The molecule has 0 saturated heterocycles. The number of carbonyl (C=O) groups excluding carboxylic acids is 2. The maximum Gasteiger partial charge on any atom is 0.253 e. The largest absolute Gasteiger partial charge is 0.493 e. The molecule has 8 heteroatoms. The molecule has 0 atom stereocenters. The van der Waals surface area contributed by atoms with Gasteiger partial charge in [0, 0.05) is 13.0 Å². The molecule has 0 radical (unpaired) electrons. The Kier molecular flexibility index (Phi) is 10.8. The van der Waals surface area contributed by atoms with Crippen molar-refractivity contribution < 1.29 is 28.5 Å². The topological polar surface area (TPSA) is 95.1 Å². The van der Waals surface area contributed by atoms with Gasteiger partial charge in [0.15, 0.2) is 23.0 Å². The quantitative estimate of drug-likeness (QED) is 0.309. The Hall–Kier alpha value is -4.20. The number of nitrogens with one attached hydrogen (secondary N) is 2. The number of carbonyl (C=O) groups is 2. The highest BCUT2D eigenvalue weighted by molar-refractivity contribution is 6.03. The second kappa shape index (κ2) is 14.5. The van der Waals surface area contributed by atoms with E-state index in [1.807, 2.05) is 50.2 Å². The number of amides is 2. The zero-order valence-corrected chi connectivity index (χ0v) is 22.5. The minimum Gasteiger partial charge on any atom is -0.493 e. The van der Waals surface area contributed by atoms with Crippen molar-refractivity contribution in [2.75, 3.05) is 39.3 Å². The van der Waals surface area contributed by atoms with Crippen LogP contribution < -0.4 is 29.6 Å². The van der Waals surface area contributed by atoms with Crippen molar-refractivity contribution in [1.82, 2.24) is 5.32 Å². The lowest BCUT2D eigenvalue weighted by Gasteiger charge is -2.13. The van der Waals surface area contributed by atoms with Crippen LogP contribution in [0.4, 0.5) is 5.69 Å². The zero-order valence-electron chi connectivity index (χ0n) is 22.5. The van der Waals surface area contributed by atoms with Gasteiger partial charge in [-0.3, -0.25) is 9.59 Å². The van der Waals surface area contributed by atoms with Crippen LogP contribution in [-0.2, 0) is 17.6 Å². The maximum absolute atomic E-state index is 12.9. The number of rotatable bonds is 14. The van der Waals surface area contributed by atoms with Gasteiger partial charge in [-0.15, -0.1) is 0 Å². The summed E-state index contributed by atoms with van der Waals surface area (Å²) in [5.41, 5.74) is 2.86. The molecule has 0 aliphatic rings. The molecule has 3 aromatic carbocycles. The van der Waals surface area contributed by atoms with Gasteiger partial charge in [-0.1, -0.05) is 24.3 Å². The third kappa shape index (κ3) is 7.90. The fourth-order valence-electron chi connectivity index (χ4n) is 3.96. The van der Waals surface area contributed by atoms with Crippen LogP contribution in [-0.4, -0.2) is 45.8 Å². The van der Waals surface area contributed by atoms with Crippen LogP contribution in [0, 0.1) is 0 Å². The summed E-state index contributed by atoms with van der Waals surface area (Å²) in [7, 11) is 3.18. The van der Waals surface area contributed by atoms with Gasteiger partial charge in [-0.25, -0.2) is 0 Å². The van der Waals surface area contributed by atoms with Gasteiger partial charge >= 0.3 is 0 Å². The number of para-hydroxylation sites is 1. The first-order valence-electron chi connectivity index (χ1n) is 12.8. The van der Waals surface area contributed by atoms with Gasteiger partial charge in [0.05, 0.1) is 38.7 Å². The summed E-state index contributed by atoms with van der Waals surface area (Å²) in [6.45, 7) is 5.34. The highest BCUT2D eigenvalue weighted by Gasteiger charge is 2.14. The molecule has 0 heterocycles. The molecule has 0 bridgehead atoms.